The van der Waals surface area contributed by atoms with E-state index in [-0.39, 0.29) is 0 Å². The number of aryl methyl sites for hydroxylation is 1. The fourth-order valence-electron chi connectivity index (χ4n) is 2.35. The van der Waals surface area contributed by atoms with Crippen LogP contribution in [0.1, 0.15) is 18.4 Å². The molecule has 1 aliphatic rings. The standard InChI is InChI=1S/C13H20BrN3/c1-10-7-12(14)13(16-8-10)17(2)9-11-3-5-15-6-4-11/h7-8,11,15H,3-6,9H2,1-2H3. The normalized spacial score (nSPS) is 17.1. The van der Waals surface area contributed by atoms with Gasteiger partial charge in [0.1, 0.15) is 5.82 Å². The molecule has 4 heteroatoms. The van der Waals surface area contributed by atoms with E-state index < -0.39 is 0 Å². The molecule has 0 spiro atoms. The van der Waals surface area contributed by atoms with E-state index in [4.69, 9.17) is 0 Å². The summed E-state index contributed by atoms with van der Waals surface area (Å²) in [6.07, 6.45) is 4.47. The van der Waals surface area contributed by atoms with Crippen LogP contribution in [0.2, 0.25) is 0 Å². The molecule has 3 nitrogen and oxygen atoms in total. The molecule has 1 aromatic heterocycles. The van der Waals surface area contributed by atoms with Crippen molar-refractivity contribution in [3.63, 3.8) is 0 Å². The Labute approximate surface area is 112 Å². The van der Waals surface area contributed by atoms with Gasteiger partial charge >= 0.3 is 0 Å². The van der Waals surface area contributed by atoms with Crippen molar-refractivity contribution in [2.75, 3.05) is 31.6 Å². The highest BCUT2D eigenvalue weighted by molar-refractivity contribution is 9.10. The average Bonchev–Trinajstić information content (AvgIpc) is 2.30. The van der Waals surface area contributed by atoms with Gasteiger partial charge in [0, 0.05) is 19.8 Å². The molecule has 17 heavy (non-hydrogen) atoms. The molecule has 0 radical (unpaired) electrons. The van der Waals surface area contributed by atoms with E-state index in [1.54, 1.807) is 0 Å². The van der Waals surface area contributed by atoms with Gasteiger partial charge in [0.05, 0.1) is 4.47 Å². The number of hydrogen-bond acceptors (Lipinski definition) is 3. The van der Waals surface area contributed by atoms with Crippen molar-refractivity contribution in [2.45, 2.75) is 19.8 Å². The van der Waals surface area contributed by atoms with Gasteiger partial charge in [0.2, 0.25) is 0 Å². The van der Waals surface area contributed by atoms with Crippen molar-refractivity contribution in [3.8, 4) is 0 Å². The van der Waals surface area contributed by atoms with Crippen LogP contribution < -0.4 is 10.2 Å². The maximum Gasteiger partial charge on any atom is 0.142 e. The van der Waals surface area contributed by atoms with Gasteiger partial charge in [0.15, 0.2) is 0 Å². The topological polar surface area (TPSA) is 28.2 Å². The smallest absolute Gasteiger partial charge is 0.142 e. The minimum atomic E-state index is 0.788. The van der Waals surface area contributed by atoms with Crippen LogP contribution in [0.5, 0.6) is 0 Å². The quantitative estimate of drug-likeness (QED) is 0.929. The van der Waals surface area contributed by atoms with Gasteiger partial charge < -0.3 is 10.2 Å². The zero-order valence-corrected chi connectivity index (χ0v) is 12.1. The first-order chi connectivity index (χ1) is 8.16. The van der Waals surface area contributed by atoms with Crippen LogP contribution in [0.15, 0.2) is 16.7 Å². The lowest BCUT2D eigenvalue weighted by atomic mass is 9.98. The van der Waals surface area contributed by atoms with Crippen molar-refractivity contribution >= 4 is 21.7 Å². The Balaban J connectivity index is 2.00. The molecule has 1 aromatic rings. The molecule has 0 amide bonds. The van der Waals surface area contributed by atoms with E-state index in [0.29, 0.717) is 0 Å². The Morgan fingerprint density at radius 3 is 2.82 bits per heavy atom. The Morgan fingerprint density at radius 2 is 2.18 bits per heavy atom. The first-order valence-electron chi connectivity index (χ1n) is 6.21. The maximum absolute atomic E-state index is 4.51. The predicted octanol–water partition coefficient (Wildman–Crippen LogP) is 2.59. The number of rotatable bonds is 3. The molecule has 0 aromatic carbocycles. The summed E-state index contributed by atoms with van der Waals surface area (Å²) >= 11 is 3.60. The Hall–Kier alpha value is -0.610. The van der Waals surface area contributed by atoms with Crippen LogP contribution >= 0.6 is 15.9 Å². The molecule has 2 heterocycles. The molecule has 0 saturated carbocycles. The molecule has 1 N–H and O–H groups in total. The molecule has 0 aliphatic carbocycles. The highest BCUT2D eigenvalue weighted by Gasteiger charge is 2.17. The van der Waals surface area contributed by atoms with Crippen molar-refractivity contribution in [1.82, 2.24) is 10.3 Å². The van der Waals surface area contributed by atoms with Crippen molar-refractivity contribution in [1.29, 1.82) is 0 Å². The highest BCUT2D eigenvalue weighted by atomic mass is 79.9. The summed E-state index contributed by atoms with van der Waals surface area (Å²) in [5.41, 5.74) is 1.19. The summed E-state index contributed by atoms with van der Waals surface area (Å²) in [7, 11) is 2.13. The third kappa shape index (κ3) is 3.42. The van der Waals surface area contributed by atoms with Gasteiger partial charge in [-0.25, -0.2) is 4.98 Å². The van der Waals surface area contributed by atoms with Crippen molar-refractivity contribution in [3.05, 3.63) is 22.3 Å². The minimum absolute atomic E-state index is 0.788. The zero-order valence-electron chi connectivity index (χ0n) is 10.5. The predicted molar refractivity (Wildman–Crippen MR) is 75.5 cm³/mol. The molecule has 1 aliphatic heterocycles. The van der Waals surface area contributed by atoms with E-state index in [9.17, 15) is 0 Å². The van der Waals surface area contributed by atoms with Crippen molar-refractivity contribution in [2.24, 2.45) is 5.92 Å². The van der Waals surface area contributed by atoms with Crippen LogP contribution in [0, 0.1) is 12.8 Å². The zero-order chi connectivity index (χ0) is 12.3. The number of hydrogen-bond donors (Lipinski definition) is 1. The minimum Gasteiger partial charge on any atom is -0.358 e. The van der Waals surface area contributed by atoms with Crippen LogP contribution in [-0.4, -0.2) is 31.7 Å². The van der Waals surface area contributed by atoms with E-state index in [1.807, 2.05) is 6.20 Å². The molecule has 1 saturated heterocycles. The first kappa shape index (κ1) is 12.8. The number of nitrogens with one attached hydrogen (secondary N) is 1. The molecule has 0 bridgehead atoms. The largest absolute Gasteiger partial charge is 0.358 e. The second-order valence-corrected chi connectivity index (χ2v) is 5.75. The van der Waals surface area contributed by atoms with Crippen LogP contribution in [0.25, 0.3) is 0 Å². The summed E-state index contributed by atoms with van der Waals surface area (Å²) in [6, 6.07) is 2.13. The van der Waals surface area contributed by atoms with Gasteiger partial charge in [-0.3, -0.25) is 0 Å². The van der Waals surface area contributed by atoms with E-state index >= 15 is 0 Å². The lowest BCUT2D eigenvalue weighted by Crippen LogP contribution is -2.34. The van der Waals surface area contributed by atoms with Gasteiger partial charge in [-0.05, 0) is 66.3 Å². The summed E-state index contributed by atoms with van der Waals surface area (Å²) in [5, 5.41) is 3.40. The number of nitrogens with zero attached hydrogens (tertiary/aromatic N) is 2. The Bertz CT molecular complexity index is 375. The number of halogens is 1. The van der Waals surface area contributed by atoms with Gasteiger partial charge in [-0.1, -0.05) is 0 Å². The second-order valence-electron chi connectivity index (χ2n) is 4.89. The van der Waals surface area contributed by atoms with E-state index in [0.717, 1.165) is 35.8 Å². The number of piperidine rings is 1. The number of pyridine rings is 1. The lowest BCUT2D eigenvalue weighted by Gasteiger charge is -2.28. The van der Waals surface area contributed by atoms with E-state index in [2.05, 4.69) is 51.2 Å². The molecule has 0 atom stereocenters. The summed E-state index contributed by atoms with van der Waals surface area (Å²) < 4.78 is 1.09. The van der Waals surface area contributed by atoms with Gasteiger partial charge in [-0.15, -0.1) is 0 Å². The first-order valence-corrected chi connectivity index (χ1v) is 7.00. The second kappa shape index (κ2) is 5.83. The third-order valence-electron chi connectivity index (χ3n) is 3.31. The summed E-state index contributed by atoms with van der Waals surface area (Å²) in [6.45, 7) is 5.46. The van der Waals surface area contributed by atoms with Crippen LogP contribution in [0.4, 0.5) is 5.82 Å². The average molecular weight is 298 g/mol. The maximum atomic E-state index is 4.51. The molecule has 0 unspecified atom stereocenters. The van der Waals surface area contributed by atoms with E-state index in [1.165, 1.54) is 18.4 Å². The number of anilines is 1. The molecule has 2 rings (SSSR count). The molecule has 1 fully saturated rings. The van der Waals surface area contributed by atoms with Gasteiger partial charge in [-0.2, -0.15) is 0 Å². The molecular formula is C13H20BrN3. The fourth-order valence-corrected chi connectivity index (χ4v) is 3.11. The van der Waals surface area contributed by atoms with Crippen LogP contribution in [0.3, 0.4) is 0 Å². The monoisotopic (exact) mass is 297 g/mol. The van der Waals surface area contributed by atoms with Crippen LogP contribution in [-0.2, 0) is 0 Å². The van der Waals surface area contributed by atoms with Crippen molar-refractivity contribution < 1.29 is 0 Å². The Kier molecular flexibility index (Phi) is 4.40. The fraction of sp³-hybridized carbons (Fsp3) is 0.615. The summed E-state index contributed by atoms with van der Waals surface area (Å²) in [5.74, 6) is 1.84. The highest BCUT2D eigenvalue weighted by Crippen LogP contribution is 2.25. The Morgan fingerprint density at radius 1 is 1.47 bits per heavy atom. The summed E-state index contributed by atoms with van der Waals surface area (Å²) in [4.78, 5) is 6.77. The molecular weight excluding hydrogens is 278 g/mol. The third-order valence-corrected chi connectivity index (χ3v) is 3.89. The van der Waals surface area contributed by atoms with Gasteiger partial charge in [0.25, 0.3) is 0 Å². The lowest BCUT2D eigenvalue weighted by molar-refractivity contribution is 0.377. The molecule has 94 valence electrons. The SMILES string of the molecule is Cc1cnc(N(C)CC2CCNCC2)c(Br)c1. The number of aromatic nitrogens is 1.